The largest absolute Gasteiger partial charge is 0.493 e. The number of para-hydroxylation sites is 1. The number of rotatable bonds is 10. The molecule has 2 aliphatic rings. The first-order valence-corrected chi connectivity index (χ1v) is 13.3. The number of hydrogen-bond donors (Lipinski definition) is 0. The fraction of sp³-hybridized carbons (Fsp3) is 0.452. The Kier molecular flexibility index (Phi) is 8.94. The van der Waals surface area contributed by atoms with E-state index in [1.165, 1.54) is 0 Å². The second-order valence-corrected chi connectivity index (χ2v) is 9.82. The third-order valence-electron chi connectivity index (χ3n) is 7.53. The van der Waals surface area contributed by atoms with Crippen LogP contribution in [-0.4, -0.2) is 52.5 Å². The molecule has 8 heteroatoms. The molecule has 0 radical (unpaired) electrons. The molecule has 0 saturated heterocycles. The number of nitrogens with zero attached hydrogens (tertiary/aromatic N) is 1. The van der Waals surface area contributed by atoms with Crippen LogP contribution in [0, 0.1) is 5.92 Å². The van der Waals surface area contributed by atoms with Gasteiger partial charge in [0.1, 0.15) is 5.92 Å². The molecule has 3 atom stereocenters. The molecule has 1 unspecified atom stereocenters. The lowest BCUT2D eigenvalue weighted by molar-refractivity contribution is -0.146. The van der Waals surface area contributed by atoms with Gasteiger partial charge in [0.15, 0.2) is 28.8 Å². The second-order valence-electron chi connectivity index (χ2n) is 9.82. The van der Waals surface area contributed by atoms with Crippen molar-refractivity contribution in [3.8, 4) is 23.0 Å². The molecule has 2 aromatic rings. The van der Waals surface area contributed by atoms with Gasteiger partial charge >= 0.3 is 5.97 Å². The fourth-order valence-electron chi connectivity index (χ4n) is 5.61. The number of ketones is 1. The summed E-state index contributed by atoms with van der Waals surface area (Å²) < 4.78 is 27.9. The van der Waals surface area contributed by atoms with Gasteiger partial charge in [0.25, 0.3) is 0 Å². The zero-order valence-electron chi connectivity index (χ0n) is 23.5. The summed E-state index contributed by atoms with van der Waals surface area (Å²) in [7, 11) is 6.31. The Balaban J connectivity index is 1.81. The number of allylic oxidation sites excluding steroid dienone is 2. The molecule has 0 spiro atoms. The molecule has 4 rings (SSSR count). The second kappa shape index (κ2) is 12.4. The lowest BCUT2D eigenvalue weighted by atomic mass is 9.69. The SMILES string of the molecule is CCCCOC(=O)C1C(C)=NC2=C(C(=O)C[C@H](c3ccc(OC)c(OC)c3)C2)[C@@H]1c1cccc(OC)c1OC. The van der Waals surface area contributed by atoms with Crippen molar-refractivity contribution < 1.29 is 33.3 Å². The van der Waals surface area contributed by atoms with E-state index < -0.39 is 11.8 Å². The van der Waals surface area contributed by atoms with Crippen molar-refractivity contribution in [3.63, 3.8) is 0 Å². The van der Waals surface area contributed by atoms with Crippen molar-refractivity contribution in [1.82, 2.24) is 0 Å². The van der Waals surface area contributed by atoms with Gasteiger partial charge in [0.05, 0.1) is 35.0 Å². The normalized spacial score (nSPS) is 20.6. The fourth-order valence-corrected chi connectivity index (χ4v) is 5.61. The third kappa shape index (κ3) is 5.51. The Morgan fingerprint density at radius 1 is 0.949 bits per heavy atom. The standard InChI is InChI=1S/C31H37NO7/c1-7-8-14-39-31(34)27-18(2)32-22-15-20(19-12-13-24(35-3)26(17-19)37-5)16-23(33)29(22)28(27)21-10-9-11-25(36-4)30(21)38-6/h9-13,17,20,27-28H,7-8,14-16H2,1-6H3/t20-,27?,28-/m1/s1. The highest BCUT2D eigenvalue weighted by atomic mass is 16.5. The van der Waals surface area contributed by atoms with Crippen molar-refractivity contribution in [2.24, 2.45) is 10.9 Å². The summed E-state index contributed by atoms with van der Waals surface area (Å²) in [6, 6.07) is 11.3. The highest BCUT2D eigenvalue weighted by Crippen LogP contribution is 2.50. The highest BCUT2D eigenvalue weighted by molar-refractivity contribution is 6.09. The third-order valence-corrected chi connectivity index (χ3v) is 7.53. The molecule has 0 bridgehead atoms. The molecule has 208 valence electrons. The van der Waals surface area contributed by atoms with Crippen molar-refractivity contribution in [3.05, 3.63) is 58.8 Å². The van der Waals surface area contributed by atoms with E-state index in [1.807, 2.05) is 44.2 Å². The Morgan fingerprint density at radius 3 is 2.36 bits per heavy atom. The monoisotopic (exact) mass is 535 g/mol. The maximum Gasteiger partial charge on any atom is 0.315 e. The topological polar surface area (TPSA) is 92.7 Å². The van der Waals surface area contributed by atoms with Crippen LogP contribution in [0.15, 0.2) is 52.7 Å². The van der Waals surface area contributed by atoms with Crippen LogP contribution in [0.1, 0.15) is 62.5 Å². The summed E-state index contributed by atoms with van der Waals surface area (Å²) in [4.78, 5) is 32.3. The first kappa shape index (κ1) is 28.2. The molecule has 2 aromatic carbocycles. The van der Waals surface area contributed by atoms with E-state index >= 15 is 0 Å². The summed E-state index contributed by atoms with van der Waals surface area (Å²) in [5.41, 5.74) is 3.52. The number of unbranched alkanes of at least 4 members (excludes halogenated alkanes) is 1. The lowest BCUT2D eigenvalue weighted by Crippen LogP contribution is -2.38. The summed E-state index contributed by atoms with van der Waals surface area (Å²) in [5, 5.41) is 0. The van der Waals surface area contributed by atoms with Crippen LogP contribution >= 0.6 is 0 Å². The first-order valence-electron chi connectivity index (χ1n) is 13.3. The number of carbonyl (C=O) groups is 2. The summed E-state index contributed by atoms with van der Waals surface area (Å²) in [6.45, 7) is 4.19. The summed E-state index contributed by atoms with van der Waals surface area (Å²) >= 11 is 0. The van der Waals surface area contributed by atoms with Gasteiger partial charge in [-0.3, -0.25) is 14.6 Å². The molecule has 1 aliphatic carbocycles. The quantitative estimate of drug-likeness (QED) is 0.287. The zero-order chi connectivity index (χ0) is 28.1. The van der Waals surface area contributed by atoms with Crippen LogP contribution < -0.4 is 18.9 Å². The van der Waals surface area contributed by atoms with E-state index in [4.69, 9.17) is 28.7 Å². The summed E-state index contributed by atoms with van der Waals surface area (Å²) in [6.07, 6.45) is 2.50. The average molecular weight is 536 g/mol. The minimum Gasteiger partial charge on any atom is -0.493 e. The van der Waals surface area contributed by atoms with Crippen molar-refractivity contribution in [1.29, 1.82) is 0 Å². The van der Waals surface area contributed by atoms with E-state index in [1.54, 1.807) is 34.5 Å². The van der Waals surface area contributed by atoms with E-state index in [0.717, 1.165) is 18.4 Å². The van der Waals surface area contributed by atoms with Gasteiger partial charge in [-0.25, -0.2) is 0 Å². The molecule has 39 heavy (non-hydrogen) atoms. The minimum atomic E-state index is -0.747. The molecule has 1 aliphatic heterocycles. The number of esters is 1. The van der Waals surface area contributed by atoms with Gasteiger partial charge in [-0.2, -0.15) is 0 Å². The zero-order valence-corrected chi connectivity index (χ0v) is 23.5. The molecule has 8 nitrogen and oxygen atoms in total. The van der Waals surface area contributed by atoms with Crippen LogP contribution in [-0.2, 0) is 14.3 Å². The van der Waals surface area contributed by atoms with Gasteiger partial charge < -0.3 is 23.7 Å². The number of hydrogen-bond acceptors (Lipinski definition) is 8. The Hall–Kier alpha value is -3.81. The molecular formula is C31H37NO7. The van der Waals surface area contributed by atoms with E-state index in [9.17, 15) is 9.59 Å². The Bertz CT molecular complexity index is 1300. The number of ether oxygens (including phenoxy) is 5. The lowest BCUT2D eigenvalue weighted by Gasteiger charge is -2.37. The van der Waals surface area contributed by atoms with Crippen LogP contribution in [0.3, 0.4) is 0 Å². The van der Waals surface area contributed by atoms with Crippen LogP contribution in [0.4, 0.5) is 0 Å². The number of benzene rings is 2. The molecule has 0 fully saturated rings. The van der Waals surface area contributed by atoms with Crippen LogP contribution in [0.2, 0.25) is 0 Å². The number of Topliss-reactive ketones (excluding diaryl/α,β-unsaturated/α-hetero) is 1. The molecule has 1 heterocycles. The highest BCUT2D eigenvalue weighted by Gasteiger charge is 2.46. The molecular weight excluding hydrogens is 498 g/mol. The minimum absolute atomic E-state index is 0.0477. The van der Waals surface area contributed by atoms with Crippen LogP contribution in [0.5, 0.6) is 23.0 Å². The van der Waals surface area contributed by atoms with Gasteiger partial charge in [0.2, 0.25) is 0 Å². The van der Waals surface area contributed by atoms with E-state index in [-0.39, 0.29) is 24.1 Å². The maximum atomic E-state index is 14.0. The first-order chi connectivity index (χ1) is 18.9. The maximum absolute atomic E-state index is 14.0. The predicted octanol–water partition coefficient (Wildman–Crippen LogP) is 5.64. The summed E-state index contributed by atoms with van der Waals surface area (Å²) in [5.74, 6) is 0.389. The Morgan fingerprint density at radius 2 is 1.69 bits per heavy atom. The molecule has 0 N–H and O–H groups in total. The molecule has 0 saturated carbocycles. The van der Waals surface area contributed by atoms with Crippen molar-refractivity contribution in [2.45, 2.75) is 51.4 Å². The predicted molar refractivity (Wildman–Crippen MR) is 148 cm³/mol. The smallest absolute Gasteiger partial charge is 0.315 e. The van der Waals surface area contributed by atoms with Crippen molar-refractivity contribution in [2.75, 3.05) is 35.0 Å². The van der Waals surface area contributed by atoms with Gasteiger partial charge in [0, 0.05) is 34.9 Å². The number of carbonyl (C=O) groups excluding carboxylic acids is 2. The van der Waals surface area contributed by atoms with Crippen molar-refractivity contribution >= 4 is 17.5 Å². The van der Waals surface area contributed by atoms with Crippen LogP contribution in [0.25, 0.3) is 0 Å². The average Bonchev–Trinajstić information content (AvgIpc) is 2.95. The molecule has 0 aromatic heterocycles. The van der Waals surface area contributed by atoms with E-state index in [0.29, 0.717) is 58.6 Å². The molecule has 0 amide bonds. The number of methoxy groups -OCH3 is 4. The van der Waals surface area contributed by atoms with Gasteiger partial charge in [-0.15, -0.1) is 0 Å². The van der Waals surface area contributed by atoms with Gasteiger partial charge in [-0.05, 0) is 49.4 Å². The Labute approximate surface area is 230 Å². The van der Waals surface area contributed by atoms with Gasteiger partial charge in [-0.1, -0.05) is 31.5 Å². The number of aliphatic imine (C=N–C) groups is 1. The van der Waals surface area contributed by atoms with E-state index in [2.05, 4.69) is 0 Å².